The van der Waals surface area contributed by atoms with Gasteiger partial charge in [-0.2, -0.15) is 0 Å². The number of oxazole rings is 1. The van der Waals surface area contributed by atoms with Crippen molar-refractivity contribution < 1.29 is 18.0 Å². The van der Waals surface area contributed by atoms with Crippen LogP contribution in [0.3, 0.4) is 0 Å². The molecule has 0 bridgehead atoms. The molecule has 0 saturated carbocycles. The maximum Gasteiger partial charge on any atom is 0.276 e. The quantitative estimate of drug-likeness (QED) is 0.746. The predicted molar refractivity (Wildman–Crippen MR) is 108 cm³/mol. The number of halogens is 2. The lowest BCUT2D eigenvalue weighted by atomic mass is 10.0. The Bertz CT molecular complexity index is 880. The topological polar surface area (TPSA) is 52.8 Å². The maximum absolute atomic E-state index is 13.9. The maximum atomic E-state index is 13.9. The van der Waals surface area contributed by atoms with Crippen molar-refractivity contribution in [2.45, 2.75) is 45.3 Å². The summed E-state index contributed by atoms with van der Waals surface area (Å²) in [6.07, 6.45) is 4.69. The third-order valence-electron chi connectivity index (χ3n) is 6.07. The molecule has 0 spiro atoms. The molecule has 2 saturated heterocycles. The van der Waals surface area contributed by atoms with E-state index in [4.69, 9.17) is 4.42 Å². The number of amides is 1. The Morgan fingerprint density at radius 3 is 2.53 bits per heavy atom. The molecule has 1 amide bonds. The van der Waals surface area contributed by atoms with Crippen LogP contribution in [-0.4, -0.2) is 64.4 Å². The summed E-state index contributed by atoms with van der Waals surface area (Å²) in [7, 11) is 0. The van der Waals surface area contributed by atoms with Gasteiger partial charge in [-0.15, -0.1) is 0 Å². The average Bonchev–Trinajstić information content (AvgIpc) is 3.20. The molecular formula is C22H28F2N4O2. The molecule has 0 aliphatic carbocycles. The second kappa shape index (κ2) is 9.22. The summed E-state index contributed by atoms with van der Waals surface area (Å²) in [5.74, 6) is -0.568. The van der Waals surface area contributed by atoms with E-state index in [1.165, 1.54) is 18.4 Å². The molecule has 2 aliphatic rings. The molecule has 1 aromatic carbocycles. The zero-order chi connectivity index (χ0) is 21.1. The van der Waals surface area contributed by atoms with Crippen LogP contribution in [0.2, 0.25) is 0 Å². The summed E-state index contributed by atoms with van der Waals surface area (Å²) in [6, 6.07) is 3.97. The first-order chi connectivity index (χ1) is 14.5. The Hall–Kier alpha value is -2.32. The molecule has 2 aliphatic heterocycles. The second-order valence-corrected chi connectivity index (χ2v) is 8.26. The number of likely N-dealkylation sites (tertiary alicyclic amines) is 1. The van der Waals surface area contributed by atoms with Crippen LogP contribution in [-0.2, 0) is 13.1 Å². The first kappa shape index (κ1) is 20.9. The molecule has 1 unspecified atom stereocenters. The van der Waals surface area contributed by atoms with Gasteiger partial charge >= 0.3 is 0 Å². The lowest BCUT2D eigenvalue weighted by Gasteiger charge is -2.34. The van der Waals surface area contributed by atoms with Gasteiger partial charge in [-0.3, -0.25) is 14.6 Å². The predicted octanol–water partition coefficient (Wildman–Crippen LogP) is 3.29. The fourth-order valence-corrected chi connectivity index (χ4v) is 4.22. The van der Waals surface area contributed by atoms with Crippen molar-refractivity contribution in [2.24, 2.45) is 0 Å². The van der Waals surface area contributed by atoms with Gasteiger partial charge in [-0.25, -0.2) is 13.8 Å². The highest BCUT2D eigenvalue weighted by atomic mass is 19.1. The van der Waals surface area contributed by atoms with Crippen molar-refractivity contribution in [1.82, 2.24) is 19.7 Å². The average molecular weight is 418 g/mol. The zero-order valence-corrected chi connectivity index (χ0v) is 17.3. The molecule has 30 heavy (non-hydrogen) atoms. The van der Waals surface area contributed by atoms with Crippen molar-refractivity contribution in [1.29, 1.82) is 0 Å². The van der Waals surface area contributed by atoms with E-state index in [9.17, 15) is 13.6 Å². The van der Waals surface area contributed by atoms with E-state index >= 15 is 0 Å². The summed E-state index contributed by atoms with van der Waals surface area (Å²) in [5.41, 5.74) is 0.886. The molecule has 0 radical (unpaired) electrons. The molecule has 2 aromatic rings. The summed E-state index contributed by atoms with van der Waals surface area (Å²) >= 11 is 0. The number of rotatable bonds is 5. The number of carbonyl (C=O) groups is 1. The van der Waals surface area contributed by atoms with Crippen molar-refractivity contribution in [2.75, 3.05) is 32.7 Å². The number of piperazine rings is 1. The largest absolute Gasteiger partial charge is 0.447 e. The number of piperidine rings is 1. The van der Waals surface area contributed by atoms with Gasteiger partial charge in [0.15, 0.2) is 5.69 Å². The van der Waals surface area contributed by atoms with E-state index in [0.29, 0.717) is 30.2 Å². The monoisotopic (exact) mass is 418 g/mol. The minimum absolute atomic E-state index is 0.0525. The first-order valence-electron chi connectivity index (χ1n) is 10.6. The first-order valence-corrected chi connectivity index (χ1v) is 10.6. The normalized spacial score (nSPS) is 21.2. The van der Waals surface area contributed by atoms with Gasteiger partial charge in [0.2, 0.25) is 5.89 Å². The van der Waals surface area contributed by atoms with E-state index < -0.39 is 11.6 Å². The van der Waals surface area contributed by atoms with Crippen LogP contribution in [0.4, 0.5) is 8.78 Å². The molecule has 8 heteroatoms. The molecule has 6 nitrogen and oxygen atoms in total. The number of carbonyl (C=O) groups excluding carboxylic acids is 1. The Kier molecular flexibility index (Phi) is 6.43. The number of benzene rings is 1. The van der Waals surface area contributed by atoms with Crippen LogP contribution >= 0.6 is 0 Å². The minimum Gasteiger partial charge on any atom is -0.447 e. The molecule has 3 heterocycles. The SMILES string of the molecule is CC1CCCCN1C(=O)c1coc(CN2CCN(Cc3ccc(F)cc3F)CC2)n1. The van der Waals surface area contributed by atoms with E-state index in [-0.39, 0.29) is 11.9 Å². The van der Waals surface area contributed by atoms with E-state index in [1.807, 2.05) is 4.90 Å². The van der Waals surface area contributed by atoms with Crippen molar-refractivity contribution in [3.05, 3.63) is 53.2 Å². The van der Waals surface area contributed by atoms with Crippen LogP contribution in [0.5, 0.6) is 0 Å². The highest BCUT2D eigenvalue weighted by Crippen LogP contribution is 2.20. The highest BCUT2D eigenvalue weighted by molar-refractivity contribution is 5.92. The lowest BCUT2D eigenvalue weighted by molar-refractivity contribution is 0.0629. The Balaban J connectivity index is 1.28. The van der Waals surface area contributed by atoms with Gasteiger partial charge in [-0.1, -0.05) is 6.07 Å². The Morgan fingerprint density at radius 1 is 1.10 bits per heavy atom. The number of aromatic nitrogens is 1. The molecule has 0 N–H and O–H groups in total. The van der Waals surface area contributed by atoms with Crippen LogP contribution in [0.15, 0.2) is 28.9 Å². The third kappa shape index (κ3) is 4.87. The van der Waals surface area contributed by atoms with Gasteiger partial charge in [0.05, 0.1) is 6.54 Å². The minimum atomic E-state index is -0.556. The summed E-state index contributed by atoms with van der Waals surface area (Å²) in [5, 5.41) is 0. The van der Waals surface area contributed by atoms with Crippen LogP contribution in [0, 0.1) is 11.6 Å². The number of hydrogen-bond acceptors (Lipinski definition) is 5. The van der Waals surface area contributed by atoms with Gasteiger partial charge in [0, 0.05) is 56.9 Å². The van der Waals surface area contributed by atoms with E-state index in [2.05, 4.69) is 21.7 Å². The fourth-order valence-electron chi connectivity index (χ4n) is 4.22. The van der Waals surface area contributed by atoms with Crippen molar-refractivity contribution in [3.63, 3.8) is 0 Å². The van der Waals surface area contributed by atoms with E-state index in [0.717, 1.165) is 58.1 Å². The fraction of sp³-hybridized carbons (Fsp3) is 0.545. The van der Waals surface area contributed by atoms with Gasteiger partial charge in [0.25, 0.3) is 5.91 Å². The molecular weight excluding hydrogens is 390 g/mol. The van der Waals surface area contributed by atoms with Crippen molar-refractivity contribution >= 4 is 5.91 Å². The van der Waals surface area contributed by atoms with E-state index in [1.54, 1.807) is 0 Å². The van der Waals surface area contributed by atoms with Gasteiger partial charge in [-0.05, 0) is 32.3 Å². The molecule has 4 rings (SSSR count). The van der Waals surface area contributed by atoms with Crippen LogP contribution in [0.1, 0.15) is 48.1 Å². The Morgan fingerprint density at radius 2 is 1.83 bits per heavy atom. The Labute approximate surface area is 175 Å². The molecule has 1 aromatic heterocycles. The molecule has 2 fully saturated rings. The lowest BCUT2D eigenvalue weighted by Crippen LogP contribution is -2.45. The summed E-state index contributed by atoms with van der Waals surface area (Å²) < 4.78 is 32.5. The number of nitrogens with zero attached hydrogens (tertiary/aromatic N) is 4. The summed E-state index contributed by atoms with van der Waals surface area (Å²) in [4.78, 5) is 23.4. The highest BCUT2D eigenvalue weighted by Gasteiger charge is 2.27. The van der Waals surface area contributed by atoms with Crippen LogP contribution in [0.25, 0.3) is 0 Å². The number of hydrogen-bond donors (Lipinski definition) is 0. The standard InChI is InChI=1S/C22H28F2N4O2/c1-16-4-2-3-7-28(16)22(29)20-15-30-21(25-20)14-27-10-8-26(9-11-27)13-17-5-6-18(23)12-19(17)24/h5-6,12,15-16H,2-4,7-11,13-14H2,1H3. The van der Waals surface area contributed by atoms with Crippen molar-refractivity contribution in [3.8, 4) is 0 Å². The third-order valence-corrected chi connectivity index (χ3v) is 6.07. The smallest absolute Gasteiger partial charge is 0.276 e. The molecule has 162 valence electrons. The van der Waals surface area contributed by atoms with Gasteiger partial charge in [0.1, 0.15) is 17.9 Å². The second-order valence-electron chi connectivity index (χ2n) is 8.26. The zero-order valence-electron chi connectivity index (χ0n) is 17.3. The van der Waals surface area contributed by atoms with Gasteiger partial charge < -0.3 is 9.32 Å². The summed E-state index contributed by atoms with van der Waals surface area (Å²) in [6.45, 7) is 6.99. The van der Waals surface area contributed by atoms with Crippen LogP contribution < -0.4 is 0 Å². The molecule has 1 atom stereocenters.